The molecule has 0 saturated heterocycles. The van der Waals surface area contributed by atoms with Crippen molar-refractivity contribution in [1.82, 2.24) is 14.9 Å². The fraction of sp³-hybridized carbons (Fsp3) is 0.125. The Hall–Kier alpha value is -3.35. The van der Waals surface area contributed by atoms with Crippen LogP contribution in [0.25, 0.3) is 10.9 Å². The van der Waals surface area contributed by atoms with Crippen LogP contribution in [0.2, 0.25) is 10.0 Å². The average Bonchev–Trinajstić information content (AvgIpc) is 2.81. The van der Waals surface area contributed by atoms with Crippen LogP contribution in [0.15, 0.2) is 77.9 Å². The van der Waals surface area contributed by atoms with Gasteiger partial charge in [-0.3, -0.25) is 14.2 Å². The van der Waals surface area contributed by atoms with Crippen LogP contribution >= 0.6 is 23.2 Å². The van der Waals surface area contributed by atoms with Crippen molar-refractivity contribution in [1.29, 1.82) is 0 Å². The van der Waals surface area contributed by atoms with Gasteiger partial charge in [0.15, 0.2) is 0 Å². The lowest BCUT2D eigenvalue weighted by molar-refractivity contribution is 0.0947. The van der Waals surface area contributed by atoms with Crippen molar-refractivity contribution < 1.29 is 9.53 Å². The summed E-state index contributed by atoms with van der Waals surface area (Å²) in [5.74, 6) is 0.485. The minimum Gasteiger partial charge on any atom is -0.492 e. The first-order valence-corrected chi connectivity index (χ1v) is 10.7. The van der Waals surface area contributed by atoms with Gasteiger partial charge in [-0.05, 0) is 48.0 Å². The fourth-order valence-corrected chi connectivity index (χ4v) is 3.52. The molecule has 0 aliphatic carbocycles. The van der Waals surface area contributed by atoms with Crippen LogP contribution in [0.5, 0.6) is 5.75 Å². The normalized spacial score (nSPS) is 10.8. The van der Waals surface area contributed by atoms with E-state index in [-0.39, 0.29) is 11.5 Å². The Kier molecular flexibility index (Phi) is 6.73. The number of nitrogens with zero attached hydrogens (tertiary/aromatic N) is 2. The van der Waals surface area contributed by atoms with Crippen molar-refractivity contribution in [2.75, 3.05) is 13.2 Å². The maximum absolute atomic E-state index is 12.9. The highest BCUT2D eigenvalue weighted by Gasteiger charge is 2.10. The van der Waals surface area contributed by atoms with Gasteiger partial charge in [0.2, 0.25) is 0 Å². The second kappa shape index (κ2) is 9.85. The summed E-state index contributed by atoms with van der Waals surface area (Å²) in [5, 5.41) is 4.11. The van der Waals surface area contributed by atoms with Gasteiger partial charge in [0.1, 0.15) is 12.4 Å². The first kappa shape index (κ1) is 21.9. The Morgan fingerprint density at radius 3 is 2.59 bits per heavy atom. The zero-order valence-electron chi connectivity index (χ0n) is 16.9. The maximum atomic E-state index is 12.9. The van der Waals surface area contributed by atoms with E-state index >= 15 is 0 Å². The zero-order valence-corrected chi connectivity index (χ0v) is 18.4. The van der Waals surface area contributed by atoms with Gasteiger partial charge >= 0.3 is 0 Å². The Morgan fingerprint density at radius 2 is 1.81 bits per heavy atom. The predicted octanol–water partition coefficient (Wildman–Crippen LogP) is 4.56. The van der Waals surface area contributed by atoms with Crippen LogP contribution in [-0.4, -0.2) is 28.6 Å². The molecule has 0 aliphatic rings. The van der Waals surface area contributed by atoms with Crippen LogP contribution in [0.3, 0.4) is 0 Å². The number of amides is 1. The lowest BCUT2D eigenvalue weighted by atomic mass is 10.1. The molecule has 0 aliphatic heterocycles. The van der Waals surface area contributed by atoms with Gasteiger partial charge in [-0.25, -0.2) is 4.98 Å². The molecule has 0 unspecified atom stereocenters. The lowest BCUT2D eigenvalue weighted by Crippen LogP contribution is -2.28. The van der Waals surface area contributed by atoms with Crippen molar-refractivity contribution >= 4 is 40.0 Å². The third-order valence-corrected chi connectivity index (χ3v) is 5.56. The molecule has 0 radical (unpaired) electrons. The van der Waals surface area contributed by atoms with Crippen LogP contribution < -0.4 is 15.6 Å². The van der Waals surface area contributed by atoms with Crippen molar-refractivity contribution in [2.24, 2.45) is 0 Å². The number of para-hydroxylation sites is 1. The quantitative estimate of drug-likeness (QED) is 0.404. The average molecular weight is 468 g/mol. The van der Waals surface area contributed by atoms with Gasteiger partial charge < -0.3 is 10.1 Å². The summed E-state index contributed by atoms with van der Waals surface area (Å²) in [7, 11) is 0. The van der Waals surface area contributed by atoms with Gasteiger partial charge in [0.25, 0.3) is 11.5 Å². The van der Waals surface area contributed by atoms with E-state index in [9.17, 15) is 9.59 Å². The second-order valence-corrected chi connectivity index (χ2v) is 7.89. The fourth-order valence-electron chi connectivity index (χ4n) is 3.20. The SMILES string of the molecule is O=C(NCCOc1ccccc1)c1ccc2c(=O)n(Cc3ccc(Cl)c(Cl)c3)cnc2c1. The molecule has 4 aromatic rings. The van der Waals surface area contributed by atoms with E-state index in [2.05, 4.69) is 10.3 Å². The smallest absolute Gasteiger partial charge is 0.261 e. The van der Waals surface area contributed by atoms with Gasteiger partial charge in [0, 0.05) is 5.56 Å². The summed E-state index contributed by atoms with van der Waals surface area (Å²) in [4.78, 5) is 29.7. The summed E-state index contributed by atoms with van der Waals surface area (Å²) in [6.45, 7) is 1.01. The molecule has 0 spiro atoms. The molecule has 4 rings (SSSR count). The van der Waals surface area contributed by atoms with Gasteiger partial charge in [-0.15, -0.1) is 0 Å². The predicted molar refractivity (Wildman–Crippen MR) is 126 cm³/mol. The number of ether oxygens (including phenoxy) is 1. The van der Waals surface area contributed by atoms with Gasteiger partial charge in [-0.1, -0.05) is 47.5 Å². The summed E-state index contributed by atoms with van der Waals surface area (Å²) < 4.78 is 7.06. The molecule has 0 atom stereocenters. The minimum absolute atomic E-state index is 0.204. The number of rotatable bonds is 7. The van der Waals surface area contributed by atoms with Crippen molar-refractivity contribution in [3.63, 3.8) is 0 Å². The van der Waals surface area contributed by atoms with Crippen LogP contribution in [-0.2, 0) is 6.54 Å². The van der Waals surface area contributed by atoms with E-state index in [0.717, 1.165) is 11.3 Å². The Morgan fingerprint density at radius 1 is 1.00 bits per heavy atom. The van der Waals surface area contributed by atoms with E-state index in [0.29, 0.717) is 46.2 Å². The molecule has 0 bridgehead atoms. The molecular formula is C24H19Cl2N3O3. The van der Waals surface area contributed by atoms with Crippen molar-refractivity contribution in [2.45, 2.75) is 6.54 Å². The largest absolute Gasteiger partial charge is 0.492 e. The molecular weight excluding hydrogens is 449 g/mol. The Labute approximate surface area is 194 Å². The molecule has 1 N–H and O–H groups in total. The number of carbonyl (C=O) groups is 1. The highest BCUT2D eigenvalue weighted by molar-refractivity contribution is 6.42. The van der Waals surface area contributed by atoms with E-state index in [4.69, 9.17) is 27.9 Å². The first-order chi connectivity index (χ1) is 15.5. The number of halogens is 2. The molecule has 32 heavy (non-hydrogen) atoms. The van der Waals surface area contributed by atoms with E-state index in [1.54, 1.807) is 36.4 Å². The Bertz CT molecular complexity index is 1320. The molecule has 8 heteroatoms. The van der Waals surface area contributed by atoms with Crippen LogP contribution in [0.1, 0.15) is 15.9 Å². The second-order valence-electron chi connectivity index (χ2n) is 7.08. The number of fused-ring (bicyclic) bond motifs is 1. The molecule has 0 fully saturated rings. The molecule has 0 saturated carbocycles. The molecule has 1 amide bonds. The van der Waals surface area contributed by atoms with E-state index < -0.39 is 0 Å². The maximum Gasteiger partial charge on any atom is 0.261 e. The number of benzene rings is 3. The van der Waals surface area contributed by atoms with Gasteiger partial charge in [-0.2, -0.15) is 0 Å². The molecule has 3 aromatic carbocycles. The molecule has 6 nitrogen and oxygen atoms in total. The summed E-state index contributed by atoms with van der Waals surface area (Å²) >= 11 is 12.0. The number of hydrogen-bond acceptors (Lipinski definition) is 4. The lowest BCUT2D eigenvalue weighted by Gasteiger charge is -2.10. The third-order valence-electron chi connectivity index (χ3n) is 4.82. The van der Waals surface area contributed by atoms with Crippen LogP contribution in [0, 0.1) is 0 Å². The Balaban J connectivity index is 1.43. The standard InChI is InChI=1S/C24H19Cl2N3O3/c25-20-9-6-16(12-21(20)26)14-29-15-28-22-13-17(7-8-19(22)24(29)31)23(30)27-10-11-32-18-4-2-1-3-5-18/h1-9,12-13,15H,10-11,14H2,(H,27,30). The molecule has 1 heterocycles. The molecule has 162 valence electrons. The monoisotopic (exact) mass is 467 g/mol. The van der Waals surface area contributed by atoms with Gasteiger partial charge in [0.05, 0.1) is 40.4 Å². The number of carbonyl (C=O) groups excluding carboxylic acids is 1. The topological polar surface area (TPSA) is 73.2 Å². The third kappa shape index (κ3) is 5.10. The summed E-state index contributed by atoms with van der Waals surface area (Å²) in [6, 6.07) is 19.4. The van der Waals surface area contributed by atoms with E-state index in [1.807, 2.05) is 30.3 Å². The zero-order chi connectivity index (χ0) is 22.5. The first-order valence-electron chi connectivity index (χ1n) is 9.90. The summed E-state index contributed by atoms with van der Waals surface area (Å²) in [5.41, 5.74) is 1.50. The van der Waals surface area contributed by atoms with Crippen LogP contribution in [0.4, 0.5) is 0 Å². The van der Waals surface area contributed by atoms with E-state index in [1.165, 1.54) is 10.9 Å². The number of hydrogen-bond donors (Lipinski definition) is 1. The number of aromatic nitrogens is 2. The highest BCUT2D eigenvalue weighted by Crippen LogP contribution is 2.23. The highest BCUT2D eigenvalue weighted by atomic mass is 35.5. The van der Waals surface area contributed by atoms with Crippen molar-refractivity contribution in [3.8, 4) is 5.75 Å². The minimum atomic E-state index is -0.259. The molecule has 1 aromatic heterocycles. The van der Waals surface area contributed by atoms with Crippen molar-refractivity contribution in [3.05, 3.63) is 105 Å². The summed E-state index contributed by atoms with van der Waals surface area (Å²) in [6.07, 6.45) is 1.46. The number of nitrogens with one attached hydrogen (secondary N) is 1.